The summed E-state index contributed by atoms with van der Waals surface area (Å²) in [4.78, 5) is 12.1. The summed E-state index contributed by atoms with van der Waals surface area (Å²) in [7, 11) is 0. The molecule has 0 aromatic heterocycles. The van der Waals surface area contributed by atoms with E-state index < -0.39 is 0 Å². The molecule has 3 heteroatoms. The van der Waals surface area contributed by atoms with Gasteiger partial charge in [0.2, 0.25) is 0 Å². The predicted molar refractivity (Wildman–Crippen MR) is 71.3 cm³/mol. The second kappa shape index (κ2) is 6.06. The number of carbonyl (C=O) groups is 1. The molecule has 0 saturated carbocycles. The Hall–Kier alpha value is -1.02. The first-order chi connectivity index (χ1) is 7.97. The molecule has 1 rings (SSSR count). The largest absolute Gasteiger partial charge is 0.490 e. The van der Waals surface area contributed by atoms with Crippen molar-refractivity contribution in [2.45, 2.75) is 40.2 Å². The highest BCUT2D eigenvalue weighted by Crippen LogP contribution is 2.29. The number of ketones is 1. The van der Waals surface area contributed by atoms with E-state index in [1.54, 1.807) is 0 Å². The molecular weight excluding hydrogens is 236 g/mol. The van der Waals surface area contributed by atoms with Crippen molar-refractivity contribution in [3.8, 4) is 5.75 Å². The van der Waals surface area contributed by atoms with Crippen molar-refractivity contribution in [3.63, 3.8) is 0 Å². The van der Waals surface area contributed by atoms with E-state index in [0.717, 1.165) is 11.1 Å². The highest BCUT2D eigenvalue weighted by atomic mass is 35.5. The third-order valence-corrected chi connectivity index (χ3v) is 2.71. The van der Waals surface area contributed by atoms with Gasteiger partial charge in [-0.2, -0.15) is 0 Å². The van der Waals surface area contributed by atoms with Crippen LogP contribution < -0.4 is 4.74 Å². The van der Waals surface area contributed by atoms with Crippen molar-refractivity contribution in [1.29, 1.82) is 0 Å². The van der Waals surface area contributed by atoms with E-state index >= 15 is 0 Å². The maximum absolute atomic E-state index is 12.1. The number of alkyl halides is 1. The number of ether oxygens (including phenoxy) is 1. The molecule has 0 heterocycles. The number of hydrogen-bond donors (Lipinski definition) is 0. The average Bonchev–Trinajstić information content (AvgIpc) is 2.23. The zero-order valence-corrected chi connectivity index (χ0v) is 11.6. The Balaban J connectivity index is 3.24. The van der Waals surface area contributed by atoms with Crippen molar-refractivity contribution in [2.75, 3.05) is 5.88 Å². The van der Waals surface area contributed by atoms with E-state index in [-0.39, 0.29) is 11.9 Å². The summed E-state index contributed by atoms with van der Waals surface area (Å²) in [6.07, 6.45) is 0.401. The molecule has 94 valence electrons. The molecule has 0 aliphatic carbocycles. The Kier molecular flexibility index (Phi) is 5.01. The van der Waals surface area contributed by atoms with Gasteiger partial charge < -0.3 is 4.74 Å². The molecular formula is C14H19ClO2. The van der Waals surface area contributed by atoms with Crippen LogP contribution in [0.25, 0.3) is 0 Å². The topological polar surface area (TPSA) is 26.3 Å². The molecule has 0 N–H and O–H groups in total. The number of hydrogen-bond acceptors (Lipinski definition) is 2. The summed E-state index contributed by atoms with van der Waals surface area (Å²) in [5.74, 6) is 1.10. The van der Waals surface area contributed by atoms with E-state index in [0.29, 0.717) is 23.6 Å². The highest BCUT2D eigenvalue weighted by Gasteiger charge is 2.17. The van der Waals surface area contributed by atoms with Gasteiger partial charge in [0.1, 0.15) is 5.75 Å². The number of benzene rings is 1. The quantitative estimate of drug-likeness (QED) is 0.588. The van der Waals surface area contributed by atoms with Gasteiger partial charge in [-0.15, -0.1) is 11.6 Å². The Morgan fingerprint density at radius 1 is 1.29 bits per heavy atom. The van der Waals surface area contributed by atoms with Crippen LogP contribution in [0, 0.1) is 13.8 Å². The molecule has 1 aromatic carbocycles. The smallest absolute Gasteiger partial charge is 0.168 e. The van der Waals surface area contributed by atoms with Crippen LogP contribution in [-0.4, -0.2) is 17.8 Å². The number of carbonyl (C=O) groups excluding carboxylic acids is 1. The minimum Gasteiger partial charge on any atom is -0.490 e. The Labute approximate surface area is 108 Å². The lowest BCUT2D eigenvalue weighted by Gasteiger charge is -2.17. The first-order valence-corrected chi connectivity index (χ1v) is 6.36. The van der Waals surface area contributed by atoms with Gasteiger partial charge >= 0.3 is 0 Å². The lowest BCUT2D eigenvalue weighted by molar-refractivity contribution is 0.0982. The van der Waals surface area contributed by atoms with Crippen LogP contribution >= 0.6 is 11.6 Å². The second-order valence-corrected chi connectivity index (χ2v) is 4.81. The number of halogens is 1. The molecule has 0 aliphatic rings. The van der Waals surface area contributed by atoms with Crippen LogP contribution in [-0.2, 0) is 0 Å². The fourth-order valence-corrected chi connectivity index (χ4v) is 1.90. The molecule has 0 atom stereocenters. The fourth-order valence-electron chi connectivity index (χ4n) is 1.73. The van der Waals surface area contributed by atoms with Gasteiger partial charge in [0.25, 0.3) is 0 Å². The van der Waals surface area contributed by atoms with E-state index in [9.17, 15) is 4.79 Å². The summed E-state index contributed by atoms with van der Waals surface area (Å²) in [5, 5.41) is 0. The van der Waals surface area contributed by atoms with Crippen LogP contribution in [0.3, 0.4) is 0 Å². The van der Waals surface area contributed by atoms with E-state index in [4.69, 9.17) is 16.3 Å². The van der Waals surface area contributed by atoms with Crippen molar-refractivity contribution in [2.24, 2.45) is 0 Å². The summed E-state index contributed by atoms with van der Waals surface area (Å²) < 4.78 is 5.76. The van der Waals surface area contributed by atoms with Crippen LogP contribution in [0.5, 0.6) is 5.75 Å². The summed E-state index contributed by atoms with van der Waals surface area (Å²) >= 11 is 5.63. The van der Waals surface area contributed by atoms with Crippen molar-refractivity contribution in [1.82, 2.24) is 0 Å². The molecule has 1 aromatic rings. The van der Waals surface area contributed by atoms with Gasteiger partial charge in [-0.25, -0.2) is 0 Å². The Morgan fingerprint density at radius 2 is 1.88 bits per heavy atom. The normalized spacial score (nSPS) is 10.7. The monoisotopic (exact) mass is 254 g/mol. The summed E-state index contributed by atoms with van der Waals surface area (Å²) in [6, 6.07) is 3.93. The predicted octanol–water partition coefficient (Wildman–Crippen LogP) is 3.90. The van der Waals surface area contributed by atoms with Gasteiger partial charge in [0.15, 0.2) is 5.78 Å². The van der Waals surface area contributed by atoms with Crippen molar-refractivity contribution >= 4 is 17.4 Å². The van der Waals surface area contributed by atoms with Crippen molar-refractivity contribution in [3.05, 3.63) is 28.8 Å². The average molecular weight is 255 g/mol. The number of Topliss-reactive ketones (excluding diaryl/α,β-unsaturated/α-hetero) is 1. The minimum atomic E-state index is 0.0526. The van der Waals surface area contributed by atoms with Gasteiger partial charge in [0.05, 0.1) is 11.7 Å². The molecule has 0 aliphatic heterocycles. The third-order valence-electron chi connectivity index (χ3n) is 2.52. The number of rotatable bonds is 5. The molecule has 17 heavy (non-hydrogen) atoms. The lowest BCUT2D eigenvalue weighted by atomic mass is 9.99. The Morgan fingerprint density at radius 3 is 2.41 bits per heavy atom. The SMILES string of the molecule is Cc1ccc(C)c(C(=O)CCCl)c1OC(C)C. The third kappa shape index (κ3) is 3.47. The van der Waals surface area contributed by atoms with Crippen LogP contribution in [0.1, 0.15) is 41.8 Å². The lowest BCUT2D eigenvalue weighted by Crippen LogP contribution is -2.13. The molecule has 0 saturated heterocycles. The summed E-state index contributed by atoms with van der Waals surface area (Å²) in [5.41, 5.74) is 2.61. The maximum atomic E-state index is 12.1. The van der Waals surface area contributed by atoms with Gasteiger partial charge in [-0.05, 0) is 38.8 Å². The molecule has 0 radical (unpaired) electrons. The first-order valence-electron chi connectivity index (χ1n) is 5.83. The molecule has 2 nitrogen and oxygen atoms in total. The highest BCUT2D eigenvalue weighted by molar-refractivity contribution is 6.19. The zero-order chi connectivity index (χ0) is 13.0. The van der Waals surface area contributed by atoms with Gasteiger partial charge in [0, 0.05) is 12.3 Å². The van der Waals surface area contributed by atoms with E-state index in [1.165, 1.54) is 0 Å². The second-order valence-electron chi connectivity index (χ2n) is 4.43. The zero-order valence-electron chi connectivity index (χ0n) is 10.8. The van der Waals surface area contributed by atoms with E-state index in [1.807, 2.05) is 39.8 Å². The minimum absolute atomic E-state index is 0.0526. The van der Waals surface area contributed by atoms with Crippen molar-refractivity contribution < 1.29 is 9.53 Å². The fraction of sp³-hybridized carbons (Fsp3) is 0.500. The Bertz CT molecular complexity index is 411. The van der Waals surface area contributed by atoms with Crippen LogP contribution in [0.2, 0.25) is 0 Å². The molecule has 0 fully saturated rings. The maximum Gasteiger partial charge on any atom is 0.168 e. The van der Waals surface area contributed by atoms with Crippen LogP contribution in [0.4, 0.5) is 0 Å². The van der Waals surface area contributed by atoms with Gasteiger partial charge in [-0.3, -0.25) is 4.79 Å². The van der Waals surface area contributed by atoms with Gasteiger partial charge in [-0.1, -0.05) is 12.1 Å². The standard InChI is InChI=1S/C14H19ClO2/c1-9(2)17-14-11(4)6-5-10(3)13(14)12(16)7-8-15/h5-6,9H,7-8H2,1-4H3. The summed E-state index contributed by atoms with van der Waals surface area (Å²) in [6.45, 7) is 7.79. The van der Waals surface area contributed by atoms with E-state index in [2.05, 4.69) is 0 Å². The first kappa shape index (κ1) is 14.0. The molecule has 0 spiro atoms. The van der Waals surface area contributed by atoms with Crippen LogP contribution in [0.15, 0.2) is 12.1 Å². The molecule has 0 bridgehead atoms. The molecule has 0 unspecified atom stereocenters. The molecule has 0 amide bonds. The number of aryl methyl sites for hydroxylation is 2.